The highest BCUT2D eigenvalue weighted by atomic mass is 19.1. The van der Waals surface area contributed by atoms with Crippen molar-refractivity contribution in [1.82, 2.24) is 5.32 Å². The minimum atomic E-state index is -0.373. The lowest BCUT2D eigenvalue weighted by atomic mass is 9.74. The molecule has 1 N–H and O–H groups in total. The number of hydrogen-bond donors (Lipinski definition) is 1. The zero-order valence-corrected chi connectivity index (χ0v) is 13.3. The van der Waals surface area contributed by atoms with E-state index in [-0.39, 0.29) is 17.0 Å². The number of hydrogen-bond acceptors (Lipinski definition) is 1. The van der Waals surface area contributed by atoms with Gasteiger partial charge in [-0.1, -0.05) is 34.6 Å². The smallest absolute Gasteiger partial charge is 0.126 e. The minimum absolute atomic E-state index is 0.0937. The predicted octanol–water partition coefficient (Wildman–Crippen LogP) is 4.42. The van der Waals surface area contributed by atoms with Crippen LogP contribution in [0.1, 0.15) is 40.2 Å². The van der Waals surface area contributed by atoms with Gasteiger partial charge >= 0.3 is 0 Å². The van der Waals surface area contributed by atoms with Gasteiger partial charge in [0.1, 0.15) is 11.6 Å². The van der Waals surface area contributed by atoms with Gasteiger partial charge < -0.3 is 5.32 Å². The largest absolute Gasteiger partial charge is 0.316 e. The van der Waals surface area contributed by atoms with E-state index in [4.69, 9.17) is 0 Å². The Morgan fingerprint density at radius 3 is 2.35 bits per heavy atom. The summed E-state index contributed by atoms with van der Waals surface area (Å²) in [4.78, 5) is 0. The van der Waals surface area contributed by atoms with E-state index in [0.29, 0.717) is 23.8 Å². The highest BCUT2D eigenvalue weighted by Gasteiger charge is 2.29. The fraction of sp³-hybridized carbons (Fsp3) is 0.647. The quantitative estimate of drug-likeness (QED) is 0.781. The van der Waals surface area contributed by atoms with Gasteiger partial charge in [0.25, 0.3) is 0 Å². The highest BCUT2D eigenvalue weighted by molar-refractivity contribution is 5.20. The molecule has 0 aliphatic heterocycles. The van der Waals surface area contributed by atoms with Crippen LogP contribution < -0.4 is 5.32 Å². The Bertz CT molecular complexity index is 429. The first-order valence-electron chi connectivity index (χ1n) is 7.39. The summed E-state index contributed by atoms with van der Waals surface area (Å²) >= 11 is 0. The molecule has 0 aliphatic rings. The highest BCUT2D eigenvalue weighted by Crippen LogP contribution is 2.31. The van der Waals surface area contributed by atoms with Gasteiger partial charge in [-0.15, -0.1) is 0 Å². The monoisotopic (exact) mass is 283 g/mol. The molecule has 1 aromatic carbocycles. The van der Waals surface area contributed by atoms with Gasteiger partial charge in [0.2, 0.25) is 0 Å². The van der Waals surface area contributed by atoms with Gasteiger partial charge in [-0.25, -0.2) is 8.78 Å². The average molecular weight is 283 g/mol. The summed E-state index contributed by atoms with van der Waals surface area (Å²) in [6.45, 7) is 12.5. The maximum Gasteiger partial charge on any atom is 0.126 e. The summed E-state index contributed by atoms with van der Waals surface area (Å²) in [5.74, 6) is 0.270. The van der Waals surface area contributed by atoms with Crippen LogP contribution in [0.3, 0.4) is 0 Å². The van der Waals surface area contributed by atoms with E-state index in [1.807, 2.05) is 0 Å². The summed E-state index contributed by atoms with van der Waals surface area (Å²) in [6, 6.07) is 3.70. The second-order valence-corrected chi connectivity index (χ2v) is 6.75. The standard InChI is InChI=1S/C17H27F2N/c1-12(2)10-20-11-17(5,13(3)4)9-14-8-15(18)6-7-16(14)19/h6-8,12-13,20H,9-11H2,1-5H3. The Morgan fingerprint density at radius 2 is 1.80 bits per heavy atom. The Kier molecular flexibility index (Phi) is 6.12. The second-order valence-electron chi connectivity index (χ2n) is 6.75. The first kappa shape index (κ1) is 17.1. The van der Waals surface area contributed by atoms with E-state index in [9.17, 15) is 8.78 Å². The lowest BCUT2D eigenvalue weighted by Crippen LogP contribution is -2.39. The first-order chi connectivity index (χ1) is 9.24. The number of nitrogens with one attached hydrogen (secondary N) is 1. The molecule has 1 unspecified atom stereocenters. The third-order valence-electron chi connectivity index (χ3n) is 4.08. The Balaban J connectivity index is 2.82. The number of halogens is 2. The molecule has 0 radical (unpaired) electrons. The zero-order valence-electron chi connectivity index (χ0n) is 13.3. The maximum atomic E-state index is 13.8. The zero-order chi connectivity index (χ0) is 15.3. The molecule has 0 bridgehead atoms. The van der Waals surface area contributed by atoms with Crippen LogP contribution in [0.2, 0.25) is 0 Å². The fourth-order valence-electron chi connectivity index (χ4n) is 2.23. The van der Waals surface area contributed by atoms with Crippen LogP contribution in [-0.2, 0) is 6.42 Å². The molecular weight excluding hydrogens is 256 g/mol. The van der Waals surface area contributed by atoms with Crippen molar-refractivity contribution in [2.75, 3.05) is 13.1 Å². The Hall–Kier alpha value is -0.960. The molecule has 114 valence electrons. The normalized spacial score (nSPS) is 14.8. The molecule has 0 saturated carbocycles. The predicted molar refractivity (Wildman–Crippen MR) is 80.7 cm³/mol. The molecule has 1 nitrogen and oxygen atoms in total. The molecule has 3 heteroatoms. The van der Waals surface area contributed by atoms with Crippen molar-refractivity contribution in [3.63, 3.8) is 0 Å². The summed E-state index contributed by atoms with van der Waals surface area (Å²) < 4.78 is 27.1. The lowest BCUT2D eigenvalue weighted by molar-refractivity contribution is 0.202. The molecule has 1 rings (SSSR count). The average Bonchev–Trinajstić information content (AvgIpc) is 2.33. The summed E-state index contributed by atoms with van der Waals surface area (Å²) in [5.41, 5.74) is 0.372. The van der Waals surface area contributed by atoms with Crippen molar-refractivity contribution in [3.05, 3.63) is 35.4 Å². The van der Waals surface area contributed by atoms with Crippen LogP contribution >= 0.6 is 0 Å². The van der Waals surface area contributed by atoms with E-state index in [1.54, 1.807) is 0 Å². The topological polar surface area (TPSA) is 12.0 Å². The SMILES string of the molecule is CC(C)CNCC(C)(Cc1cc(F)ccc1F)C(C)C. The van der Waals surface area contributed by atoms with E-state index in [1.165, 1.54) is 18.2 Å². The fourth-order valence-corrected chi connectivity index (χ4v) is 2.23. The van der Waals surface area contributed by atoms with Crippen molar-refractivity contribution in [3.8, 4) is 0 Å². The van der Waals surface area contributed by atoms with E-state index in [2.05, 4.69) is 39.9 Å². The minimum Gasteiger partial charge on any atom is -0.316 e. The molecule has 20 heavy (non-hydrogen) atoms. The molecule has 1 aromatic rings. The van der Waals surface area contributed by atoms with Crippen molar-refractivity contribution >= 4 is 0 Å². The van der Waals surface area contributed by atoms with Crippen LogP contribution in [0.25, 0.3) is 0 Å². The third kappa shape index (κ3) is 4.86. The summed E-state index contributed by atoms with van der Waals surface area (Å²) in [6.07, 6.45) is 0.541. The van der Waals surface area contributed by atoms with Gasteiger partial charge in [-0.2, -0.15) is 0 Å². The van der Waals surface area contributed by atoms with Crippen LogP contribution in [0.15, 0.2) is 18.2 Å². The van der Waals surface area contributed by atoms with Gasteiger partial charge in [-0.05, 0) is 54.0 Å². The third-order valence-corrected chi connectivity index (χ3v) is 4.08. The van der Waals surface area contributed by atoms with E-state index >= 15 is 0 Å². The molecule has 0 aliphatic carbocycles. The van der Waals surface area contributed by atoms with Crippen molar-refractivity contribution in [2.45, 2.75) is 41.0 Å². The molecule has 0 amide bonds. The summed E-state index contributed by atoms with van der Waals surface area (Å²) in [7, 11) is 0. The first-order valence-corrected chi connectivity index (χ1v) is 7.39. The van der Waals surface area contributed by atoms with Gasteiger partial charge in [0, 0.05) is 6.54 Å². The number of rotatable bonds is 7. The van der Waals surface area contributed by atoms with Crippen molar-refractivity contribution in [2.24, 2.45) is 17.3 Å². The van der Waals surface area contributed by atoms with Crippen LogP contribution in [0.4, 0.5) is 8.78 Å². The molecule has 0 heterocycles. The van der Waals surface area contributed by atoms with Crippen molar-refractivity contribution in [1.29, 1.82) is 0 Å². The maximum absolute atomic E-state index is 13.8. The van der Waals surface area contributed by atoms with Gasteiger partial charge in [0.15, 0.2) is 0 Å². The molecule has 0 saturated heterocycles. The second kappa shape index (κ2) is 7.16. The molecular formula is C17H27F2N. The molecule has 0 fully saturated rings. The van der Waals surface area contributed by atoms with Gasteiger partial charge in [-0.3, -0.25) is 0 Å². The van der Waals surface area contributed by atoms with Crippen LogP contribution in [0.5, 0.6) is 0 Å². The Morgan fingerprint density at radius 1 is 1.15 bits per heavy atom. The number of benzene rings is 1. The van der Waals surface area contributed by atoms with Crippen LogP contribution in [0, 0.1) is 28.9 Å². The summed E-state index contributed by atoms with van der Waals surface area (Å²) in [5, 5.41) is 3.44. The molecule has 1 atom stereocenters. The Labute approximate surface area is 121 Å². The lowest BCUT2D eigenvalue weighted by Gasteiger charge is -2.35. The van der Waals surface area contributed by atoms with Gasteiger partial charge in [0.05, 0.1) is 0 Å². The molecule has 0 aromatic heterocycles. The van der Waals surface area contributed by atoms with Crippen molar-refractivity contribution < 1.29 is 8.78 Å². The molecule has 0 spiro atoms. The van der Waals surface area contributed by atoms with Crippen LogP contribution in [-0.4, -0.2) is 13.1 Å². The van der Waals surface area contributed by atoms with E-state index < -0.39 is 0 Å². The van der Waals surface area contributed by atoms with E-state index in [0.717, 1.165) is 13.1 Å².